The van der Waals surface area contributed by atoms with Gasteiger partial charge in [-0.15, -0.1) is 11.3 Å². The van der Waals surface area contributed by atoms with Crippen molar-refractivity contribution in [2.75, 3.05) is 13.1 Å². The van der Waals surface area contributed by atoms with Gasteiger partial charge in [-0.25, -0.2) is 0 Å². The zero-order chi connectivity index (χ0) is 14.1. The van der Waals surface area contributed by atoms with Gasteiger partial charge < -0.3 is 10.2 Å². The molecule has 0 unspecified atom stereocenters. The molecule has 1 saturated heterocycles. The summed E-state index contributed by atoms with van der Waals surface area (Å²) in [4.78, 5) is 16.9. The van der Waals surface area contributed by atoms with Crippen molar-refractivity contribution < 1.29 is 4.79 Å². The van der Waals surface area contributed by atoms with Gasteiger partial charge in [0.05, 0.1) is 0 Å². The number of hydrogen-bond donors (Lipinski definition) is 1. The number of likely N-dealkylation sites (tertiary alicyclic amines) is 1. The van der Waals surface area contributed by atoms with Gasteiger partial charge in [-0.2, -0.15) is 0 Å². The van der Waals surface area contributed by atoms with Crippen LogP contribution in [0.5, 0.6) is 0 Å². The SMILES string of the molecule is Cc1cc(CNC2CCN(C(=O)C3CC3)CC2)c(C)s1. The van der Waals surface area contributed by atoms with Crippen LogP contribution in [0, 0.1) is 19.8 Å². The standard InChI is InChI=1S/C16H24N2OS/c1-11-9-14(12(2)20-11)10-17-15-5-7-18(8-6-15)16(19)13-3-4-13/h9,13,15,17H,3-8,10H2,1-2H3. The number of nitrogens with zero attached hydrogens (tertiary/aromatic N) is 1. The van der Waals surface area contributed by atoms with Gasteiger partial charge in [-0.05, 0) is 51.2 Å². The monoisotopic (exact) mass is 292 g/mol. The van der Waals surface area contributed by atoms with Crippen LogP contribution in [-0.2, 0) is 11.3 Å². The van der Waals surface area contributed by atoms with E-state index in [1.807, 2.05) is 11.3 Å². The van der Waals surface area contributed by atoms with Crippen LogP contribution >= 0.6 is 11.3 Å². The number of nitrogens with one attached hydrogen (secondary N) is 1. The summed E-state index contributed by atoms with van der Waals surface area (Å²) in [6.45, 7) is 7.22. The third-order valence-corrected chi connectivity index (χ3v) is 5.47. The maximum Gasteiger partial charge on any atom is 0.225 e. The summed E-state index contributed by atoms with van der Waals surface area (Å²) in [6, 6.07) is 2.86. The molecule has 0 radical (unpaired) electrons. The highest BCUT2D eigenvalue weighted by molar-refractivity contribution is 7.12. The highest BCUT2D eigenvalue weighted by Gasteiger charge is 2.34. The number of carbonyl (C=O) groups excluding carboxylic acids is 1. The molecule has 2 heterocycles. The van der Waals surface area contributed by atoms with Crippen molar-refractivity contribution >= 4 is 17.2 Å². The topological polar surface area (TPSA) is 32.3 Å². The predicted octanol–water partition coefficient (Wildman–Crippen LogP) is 2.86. The molecule has 1 amide bonds. The van der Waals surface area contributed by atoms with Crippen LogP contribution in [0.4, 0.5) is 0 Å². The summed E-state index contributed by atoms with van der Waals surface area (Å²) in [5.74, 6) is 0.781. The Morgan fingerprint density at radius 2 is 2.00 bits per heavy atom. The number of rotatable bonds is 4. The molecule has 1 saturated carbocycles. The molecule has 1 aliphatic heterocycles. The first-order valence-corrected chi connectivity index (χ1v) is 8.53. The Bertz CT molecular complexity index is 485. The fourth-order valence-electron chi connectivity index (χ4n) is 3.01. The van der Waals surface area contributed by atoms with Crippen LogP contribution in [0.1, 0.15) is 41.0 Å². The van der Waals surface area contributed by atoms with E-state index in [2.05, 4.69) is 30.1 Å². The molecule has 0 aromatic carbocycles. The second kappa shape index (κ2) is 5.86. The first-order chi connectivity index (χ1) is 9.63. The van der Waals surface area contributed by atoms with Gasteiger partial charge >= 0.3 is 0 Å². The van der Waals surface area contributed by atoms with Gasteiger partial charge in [-0.3, -0.25) is 4.79 Å². The number of carbonyl (C=O) groups is 1. The van der Waals surface area contributed by atoms with Crippen LogP contribution in [-0.4, -0.2) is 29.9 Å². The summed E-state index contributed by atoms with van der Waals surface area (Å²) in [6.07, 6.45) is 4.43. The number of amides is 1. The summed E-state index contributed by atoms with van der Waals surface area (Å²) in [7, 11) is 0. The predicted molar refractivity (Wildman–Crippen MR) is 83.0 cm³/mol. The van der Waals surface area contributed by atoms with Crippen molar-refractivity contribution in [2.24, 2.45) is 5.92 Å². The third kappa shape index (κ3) is 3.23. The van der Waals surface area contributed by atoms with Crippen molar-refractivity contribution in [3.63, 3.8) is 0 Å². The molecule has 3 rings (SSSR count). The third-order valence-electron chi connectivity index (χ3n) is 4.46. The maximum absolute atomic E-state index is 12.0. The normalized spacial score (nSPS) is 20.4. The Kier molecular flexibility index (Phi) is 4.13. The van der Waals surface area contributed by atoms with Gasteiger partial charge in [0, 0.05) is 41.3 Å². The lowest BCUT2D eigenvalue weighted by molar-refractivity contribution is -0.133. The minimum absolute atomic E-state index is 0.371. The molecule has 1 N–H and O–H groups in total. The molecule has 3 nitrogen and oxygen atoms in total. The Morgan fingerprint density at radius 3 is 2.55 bits per heavy atom. The molecule has 1 aromatic rings. The van der Waals surface area contributed by atoms with E-state index in [9.17, 15) is 4.79 Å². The van der Waals surface area contributed by atoms with Crippen LogP contribution < -0.4 is 5.32 Å². The minimum atomic E-state index is 0.371. The molecule has 2 aliphatic rings. The number of aryl methyl sites for hydroxylation is 2. The average Bonchev–Trinajstić information content (AvgIpc) is 3.23. The second-order valence-electron chi connectivity index (χ2n) is 6.19. The van der Waals surface area contributed by atoms with Crippen molar-refractivity contribution in [1.29, 1.82) is 0 Å². The lowest BCUT2D eigenvalue weighted by Crippen LogP contribution is -2.45. The molecule has 1 aromatic heterocycles. The van der Waals surface area contributed by atoms with E-state index < -0.39 is 0 Å². The Labute approximate surface area is 125 Å². The molecule has 1 aliphatic carbocycles. The summed E-state index contributed by atoms with van der Waals surface area (Å²) >= 11 is 1.88. The molecule has 0 bridgehead atoms. The van der Waals surface area contributed by atoms with Gasteiger partial charge in [-0.1, -0.05) is 0 Å². The number of thiophene rings is 1. The van der Waals surface area contributed by atoms with E-state index in [1.54, 1.807) is 0 Å². The van der Waals surface area contributed by atoms with Gasteiger partial charge in [0.15, 0.2) is 0 Å². The van der Waals surface area contributed by atoms with Crippen LogP contribution in [0.15, 0.2) is 6.07 Å². The van der Waals surface area contributed by atoms with Crippen molar-refractivity contribution in [3.05, 3.63) is 21.4 Å². The van der Waals surface area contributed by atoms with E-state index in [0.717, 1.165) is 45.3 Å². The smallest absolute Gasteiger partial charge is 0.225 e. The lowest BCUT2D eigenvalue weighted by atomic mass is 10.0. The Morgan fingerprint density at radius 1 is 1.30 bits per heavy atom. The van der Waals surface area contributed by atoms with Crippen molar-refractivity contribution in [2.45, 2.75) is 52.1 Å². The highest BCUT2D eigenvalue weighted by atomic mass is 32.1. The van der Waals surface area contributed by atoms with Crippen LogP contribution in [0.25, 0.3) is 0 Å². The quantitative estimate of drug-likeness (QED) is 0.925. The number of hydrogen-bond acceptors (Lipinski definition) is 3. The van der Waals surface area contributed by atoms with Gasteiger partial charge in [0.2, 0.25) is 5.91 Å². The van der Waals surface area contributed by atoms with E-state index in [4.69, 9.17) is 0 Å². The molecule has 0 spiro atoms. The lowest BCUT2D eigenvalue weighted by Gasteiger charge is -2.32. The highest BCUT2D eigenvalue weighted by Crippen LogP contribution is 2.32. The molecular formula is C16H24N2OS. The minimum Gasteiger partial charge on any atom is -0.342 e. The molecule has 4 heteroatoms. The second-order valence-corrected chi connectivity index (χ2v) is 7.65. The fourth-order valence-corrected chi connectivity index (χ4v) is 3.95. The van der Waals surface area contributed by atoms with Crippen LogP contribution in [0.3, 0.4) is 0 Å². The van der Waals surface area contributed by atoms with E-state index in [0.29, 0.717) is 17.9 Å². The average molecular weight is 292 g/mol. The van der Waals surface area contributed by atoms with E-state index in [1.165, 1.54) is 15.3 Å². The molecule has 2 fully saturated rings. The first kappa shape index (κ1) is 14.1. The van der Waals surface area contributed by atoms with Crippen LogP contribution in [0.2, 0.25) is 0 Å². The summed E-state index contributed by atoms with van der Waals surface area (Å²) in [5, 5.41) is 3.67. The van der Waals surface area contributed by atoms with Gasteiger partial charge in [0.25, 0.3) is 0 Å². The number of piperidine rings is 1. The largest absolute Gasteiger partial charge is 0.342 e. The first-order valence-electron chi connectivity index (χ1n) is 7.71. The van der Waals surface area contributed by atoms with Crippen molar-refractivity contribution in [3.8, 4) is 0 Å². The summed E-state index contributed by atoms with van der Waals surface area (Å²) < 4.78 is 0. The molecule has 0 atom stereocenters. The molecular weight excluding hydrogens is 268 g/mol. The van der Waals surface area contributed by atoms with Crippen molar-refractivity contribution in [1.82, 2.24) is 10.2 Å². The fraction of sp³-hybridized carbons (Fsp3) is 0.688. The van der Waals surface area contributed by atoms with Gasteiger partial charge in [0.1, 0.15) is 0 Å². The summed E-state index contributed by atoms with van der Waals surface area (Å²) in [5.41, 5.74) is 1.43. The Hall–Kier alpha value is -0.870. The zero-order valence-corrected chi connectivity index (χ0v) is 13.3. The maximum atomic E-state index is 12.0. The molecule has 110 valence electrons. The molecule has 20 heavy (non-hydrogen) atoms. The zero-order valence-electron chi connectivity index (χ0n) is 12.4. The van der Waals surface area contributed by atoms with E-state index >= 15 is 0 Å². The Balaban J connectivity index is 1.44. The van der Waals surface area contributed by atoms with E-state index in [-0.39, 0.29) is 0 Å².